The molecule has 0 amide bonds. The number of fused-ring (bicyclic) bond motifs is 1. The number of carboxylic acids is 1. The van der Waals surface area contributed by atoms with Crippen LogP contribution in [0.2, 0.25) is 0 Å². The molecule has 1 aliphatic carbocycles. The summed E-state index contributed by atoms with van der Waals surface area (Å²) in [4.78, 5) is 10.6. The van der Waals surface area contributed by atoms with E-state index >= 15 is 0 Å². The van der Waals surface area contributed by atoms with E-state index in [9.17, 15) is 4.79 Å². The molecule has 84 valence electrons. The second-order valence-corrected chi connectivity index (χ2v) is 4.55. The summed E-state index contributed by atoms with van der Waals surface area (Å²) in [6.45, 7) is 0. The summed E-state index contributed by atoms with van der Waals surface area (Å²) < 4.78 is 0. The van der Waals surface area contributed by atoms with E-state index in [1.165, 1.54) is 16.7 Å². The molecular formula is C12H13NO2S. The normalized spacial score (nSPS) is 12.8. The van der Waals surface area contributed by atoms with E-state index in [0.29, 0.717) is 12.8 Å². The third kappa shape index (κ3) is 2.23. The van der Waals surface area contributed by atoms with Crippen molar-refractivity contribution in [1.29, 1.82) is 0 Å². The molecule has 3 N–H and O–H groups in total. The van der Waals surface area contributed by atoms with Crippen molar-refractivity contribution in [2.75, 3.05) is 0 Å². The molecule has 1 aliphatic heterocycles. The van der Waals surface area contributed by atoms with Crippen LogP contribution in [0.15, 0.2) is 29.0 Å². The maximum atomic E-state index is 10.6. The number of aliphatic carboxylic acids is 1. The molecule has 0 radical (unpaired) electrons. The molecule has 0 spiro atoms. The lowest BCUT2D eigenvalue weighted by atomic mass is 10.0. The van der Waals surface area contributed by atoms with E-state index in [0.717, 1.165) is 0 Å². The maximum Gasteiger partial charge on any atom is 0.320 e. The molecule has 0 bridgehead atoms. The summed E-state index contributed by atoms with van der Waals surface area (Å²) in [5.41, 5.74) is 9.08. The van der Waals surface area contributed by atoms with E-state index in [4.69, 9.17) is 10.8 Å². The van der Waals surface area contributed by atoms with Crippen LogP contribution < -0.4 is 5.73 Å². The smallest absolute Gasteiger partial charge is 0.320 e. The molecular weight excluding hydrogens is 222 g/mol. The average Bonchev–Trinajstić information content (AvgIpc) is 2.69. The summed E-state index contributed by atoms with van der Waals surface area (Å²) in [5.74, 6) is -0.932. The lowest BCUT2D eigenvalue weighted by Crippen LogP contribution is -2.30. The lowest BCUT2D eigenvalue weighted by molar-refractivity contribution is -0.138. The quantitative estimate of drug-likeness (QED) is 0.854. The molecule has 1 unspecified atom stereocenters. The molecule has 1 atom stereocenters. The molecule has 0 saturated carbocycles. The van der Waals surface area contributed by atoms with Crippen molar-refractivity contribution in [3.63, 3.8) is 0 Å². The van der Waals surface area contributed by atoms with Gasteiger partial charge < -0.3 is 10.8 Å². The first-order valence-corrected chi connectivity index (χ1v) is 6.05. The molecule has 2 aliphatic rings. The molecule has 3 nitrogen and oxygen atoms in total. The van der Waals surface area contributed by atoms with E-state index in [1.54, 1.807) is 11.3 Å². The molecule has 0 aromatic heterocycles. The minimum atomic E-state index is -0.932. The molecule has 4 heteroatoms. The number of nitrogens with two attached hydrogens (primary N) is 1. The van der Waals surface area contributed by atoms with Crippen molar-refractivity contribution in [2.24, 2.45) is 5.73 Å². The molecule has 0 saturated heterocycles. The van der Waals surface area contributed by atoms with Crippen molar-refractivity contribution in [2.45, 2.75) is 18.9 Å². The van der Waals surface area contributed by atoms with E-state index in [2.05, 4.69) is 17.5 Å². The molecule has 2 rings (SSSR count). The fourth-order valence-corrected chi connectivity index (χ4v) is 2.38. The van der Waals surface area contributed by atoms with Gasteiger partial charge in [0.1, 0.15) is 6.04 Å². The van der Waals surface area contributed by atoms with E-state index < -0.39 is 12.0 Å². The van der Waals surface area contributed by atoms with Crippen molar-refractivity contribution in [3.8, 4) is 11.1 Å². The standard InChI is InChI=1S/C12H13NO2S/c13-11(12(14)15)4-3-8-1-2-9-7-16-6-5-10(8)9/h1-2,5-7,11H,3-4,13H2,(H,14,15). The van der Waals surface area contributed by atoms with Crippen LogP contribution in [0.5, 0.6) is 0 Å². The lowest BCUT2D eigenvalue weighted by Gasteiger charge is -2.06. The first kappa shape index (κ1) is 11.1. The summed E-state index contributed by atoms with van der Waals surface area (Å²) in [6, 6.07) is 5.41. The summed E-state index contributed by atoms with van der Waals surface area (Å²) >= 11 is 1.66. The fraction of sp³-hybridized carbons (Fsp3) is 0.250. The zero-order valence-electron chi connectivity index (χ0n) is 8.72. The Hall–Kier alpha value is -1.39. The zero-order chi connectivity index (χ0) is 11.5. The summed E-state index contributed by atoms with van der Waals surface area (Å²) in [6.07, 6.45) is 1.19. The Kier molecular flexibility index (Phi) is 3.22. The Morgan fingerprint density at radius 2 is 2.25 bits per heavy atom. The van der Waals surface area contributed by atoms with Crippen LogP contribution in [-0.4, -0.2) is 17.1 Å². The van der Waals surface area contributed by atoms with Gasteiger partial charge in [0.2, 0.25) is 0 Å². The number of hydrogen-bond donors (Lipinski definition) is 2. The van der Waals surface area contributed by atoms with E-state index in [1.807, 2.05) is 11.4 Å². The van der Waals surface area contributed by atoms with Crippen LogP contribution in [0.25, 0.3) is 11.1 Å². The van der Waals surface area contributed by atoms with Gasteiger partial charge in [-0.3, -0.25) is 4.79 Å². The van der Waals surface area contributed by atoms with Gasteiger partial charge in [0, 0.05) is 0 Å². The minimum absolute atomic E-state index is 0.479. The molecule has 1 heterocycles. The third-order valence-electron chi connectivity index (χ3n) is 2.67. The number of carboxylic acid groups (broad SMARTS) is 1. The Labute approximate surface area is 97.9 Å². The van der Waals surface area contributed by atoms with Crippen molar-refractivity contribution >= 4 is 17.3 Å². The van der Waals surface area contributed by atoms with Gasteiger partial charge in [-0.25, -0.2) is 0 Å². The highest BCUT2D eigenvalue weighted by Gasteiger charge is 2.14. The Morgan fingerprint density at radius 3 is 3.00 bits per heavy atom. The van der Waals surface area contributed by atoms with E-state index in [-0.39, 0.29) is 0 Å². The number of carbonyl (C=O) groups is 1. The second-order valence-electron chi connectivity index (χ2n) is 3.77. The second kappa shape index (κ2) is 4.63. The summed E-state index contributed by atoms with van der Waals surface area (Å²) in [7, 11) is 0. The van der Waals surface area contributed by atoms with Crippen molar-refractivity contribution in [1.82, 2.24) is 0 Å². The van der Waals surface area contributed by atoms with Gasteiger partial charge >= 0.3 is 5.97 Å². The van der Waals surface area contributed by atoms with Crippen LogP contribution in [0.1, 0.15) is 12.0 Å². The number of rotatable bonds is 4. The predicted octanol–water partition coefficient (Wildman–Crippen LogP) is 2.20. The zero-order valence-corrected chi connectivity index (χ0v) is 9.54. The van der Waals surface area contributed by atoms with Gasteiger partial charge in [0.05, 0.1) is 0 Å². The highest BCUT2D eigenvalue weighted by molar-refractivity contribution is 7.07. The Bertz CT molecular complexity index is 466. The highest BCUT2D eigenvalue weighted by atomic mass is 32.1. The highest BCUT2D eigenvalue weighted by Crippen LogP contribution is 2.29. The molecule has 0 fully saturated rings. The van der Waals surface area contributed by atoms with Gasteiger partial charge in [0.25, 0.3) is 0 Å². The largest absolute Gasteiger partial charge is 0.480 e. The molecule has 16 heavy (non-hydrogen) atoms. The van der Waals surface area contributed by atoms with Crippen molar-refractivity contribution in [3.05, 3.63) is 34.5 Å². The first-order valence-electron chi connectivity index (χ1n) is 5.10. The van der Waals surface area contributed by atoms with Gasteiger partial charge in [-0.2, -0.15) is 11.3 Å². The van der Waals surface area contributed by atoms with Gasteiger partial charge in [-0.15, -0.1) is 0 Å². The van der Waals surface area contributed by atoms with Gasteiger partial charge in [0.15, 0.2) is 0 Å². The number of aryl methyl sites for hydroxylation is 1. The van der Waals surface area contributed by atoms with Gasteiger partial charge in [-0.1, -0.05) is 12.1 Å². The molecule has 0 aromatic carbocycles. The van der Waals surface area contributed by atoms with Gasteiger partial charge in [-0.05, 0) is 46.4 Å². The SMILES string of the molecule is NC(CCc1ccc2csccc1-2)C(=O)O. The third-order valence-corrected chi connectivity index (χ3v) is 3.35. The monoisotopic (exact) mass is 235 g/mol. The first-order chi connectivity index (χ1) is 7.68. The van der Waals surface area contributed by atoms with Crippen LogP contribution in [0.4, 0.5) is 0 Å². The topological polar surface area (TPSA) is 63.3 Å². The van der Waals surface area contributed by atoms with Crippen LogP contribution >= 0.6 is 11.3 Å². The fourth-order valence-electron chi connectivity index (χ4n) is 1.73. The minimum Gasteiger partial charge on any atom is -0.480 e. The predicted molar refractivity (Wildman–Crippen MR) is 64.9 cm³/mol. The Balaban J connectivity index is 2.08. The summed E-state index contributed by atoms with van der Waals surface area (Å²) in [5, 5.41) is 12.8. The molecule has 0 aromatic rings. The number of hydrogen-bond acceptors (Lipinski definition) is 3. The maximum absolute atomic E-state index is 10.6. The van der Waals surface area contributed by atoms with Crippen LogP contribution in [-0.2, 0) is 11.2 Å². The Morgan fingerprint density at radius 1 is 1.44 bits per heavy atom. The van der Waals surface area contributed by atoms with Crippen LogP contribution in [0.3, 0.4) is 0 Å². The van der Waals surface area contributed by atoms with Crippen LogP contribution in [0, 0.1) is 0 Å². The average molecular weight is 235 g/mol. The van der Waals surface area contributed by atoms with Crippen molar-refractivity contribution < 1.29 is 9.90 Å².